The molecule has 2 N–H and O–H groups in total. The Morgan fingerprint density at radius 3 is 2.25 bits per heavy atom. The van der Waals surface area contributed by atoms with Gasteiger partial charge in [0.15, 0.2) is 0 Å². The van der Waals surface area contributed by atoms with Crippen LogP contribution in [0.4, 0.5) is 0 Å². The summed E-state index contributed by atoms with van der Waals surface area (Å²) in [5.41, 5.74) is 0. The van der Waals surface area contributed by atoms with Crippen LogP contribution < -0.4 is 10.6 Å². The van der Waals surface area contributed by atoms with Crippen molar-refractivity contribution >= 4 is 17.7 Å². The van der Waals surface area contributed by atoms with E-state index >= 15 is 0 Å². The Morgan fingerprint density at radius 1 is 1.12 bits per heavy atom. The lowest BCUT2D eigenvalue weighted by Gasteiger charge is -2.11. The summed E-state index contributed by atoms with van der Waals surface area (Å²) in [5, 5.41) is 4.96. The van der Waals surface area contributed by atoms with Crippen LogP contribution in [0, 0.1) is 5.92 Å². The number of carbonyl (C=O) groups excluding carboxylic acids is 3. The van der Waals surface area contributed by atoms with Gasteiger partial charge in [0.2, 0.25) is 17.7 Å². The van der Waals surface area contributed by atoms with Crippen LogP contribution in [-0.2, 0) is 14.4 Å². The van der Waals surface area contributed by atoms with Crippen LogP contribution >= 0.6 is 0 Å². The Kier molecular flexibility index (Phi) is 4.28. The van der Waals surface area contributed by atoms with Gasteiger partial charge in [-0.1, -0.05) is 0 Å². The molecule has 0 atom stereocenters. The molecule has 0 spiro atoms. The number of rotatable bonds is 5. The predicted molar refractivity (Wildman–Crippen MR) is 57.4 cm³/mol. The van der Waals surface area contributed by atoms with Gasteiger partial charge < -0.3 is 15.5 Å². The van der Waals surface area contributed by atoms with Gasteiger partial charge in [0.1, 0.15) is 0 Å². The van der Waals surface area contributed by atoms with Crippen molar-refractivity contribution in [1.29, 1.82) is 0 Å². The molecule has 0 saturated heterocycles. The van der Waals surface area contributed by atoms with E-state index in [0.717, 1.165) is 12.8 Å². The Hall–Kier alpha value is -1.59. The van der Waals surface area contributed by atoms with Crippen LogP contribution in [0.15, 0.2) is 0 Å². The first-order valence-corrected chi connectivity index (χ1v) is 5.25. The summed E-state index contributed by atoms with van der Waals surface area (Å²) in [6.45, 7) is -0.0961. The molecule has 6 nitrogen and oxygen atoms in total. The molecular weight excluding hydrogens is 210 g/mol. The number of nitrogens with one attached hydrogen (secondary N) is 2. The van der Waals surface area contributed by atoms with Gasteiger partial charge in [-0.2, -0.15) is 0 Å². The summed E-state index contributed by atoms with van der Waals surface area (Å²) < 4.78 is 0. The van der Waals surface area contributed by atoms with Gasteiger partial charge in [0, 0.05) is 20.0 Å². The molecule has 6 heteroatoms. The fourth-order valence-corrected chi connectivity index (χ4v) is 1.05. The van der Waals surface area contributed by atoms with Crippen LogP contribution in [0.25, 0.3) is 0 Å². The fourth-order valence-electron chi connectivity index (χ4n) is 1.05. The lowest BCUT2D eigenvalue weighted by Crippen LogP contribution is -2.41. The first-order valence-electron chi connectivity index (χ1n) is 5.25. The molecule has 0 aromatic rings. The van der Waals surface area contributed by atoms with E-state index in [0.29, 0.717) is 0 Å². The first kappa shape index (κ1) is 12.5. The van der Waals surface area contributed by atoms with Gasteiger partial charge in [-0.25, -0.2) is 0 Å². The molecule has 0 unspecified atom stereocenters. The molecule has 16 heavy (non-hydrogen) atoms. The Morgan fingerprint density at radius 2 is 1.75 bits per heavy atom. The maximum Gasteiger partial charge on any atom is 0.241 e. The highest BCUT2D eigenvalue weighted by molar-refractivity contribution is 5.89. The standard InChI is InChI=1S/C10H17N3O3/c1-13(2)9(15)6-11-8(14)5-12-10(16)7-3-4-7/h7H,3-6H2,1-2H3,(H,11,14)(H,12,16). The smallest absolute Gasteiger partial charge is 0.241 e. The molecule has 1 saturated carbocycles. The maximum atomic E-state index is 11.2. The van der Waals surface area contributed by atoms with Gasteiger partial charge in [-0.15, -0.1) is 0 Å². The largest absolute Gasteiger partial charge is 0.347 e. The van der Waals surface area contributed by atoms with Crippen molar-refractivity contribution in [2.75, 3.05) is 27.2 Å². The lowest BCUT2D eigenvalue weighted by molar-refractivity contribution is -0.131. The second-order valence-corrected chi connectivity index (χ2v) is 4.06. The van der Waals surface area contributed by atoms with E-state index in [4.69, 9.17) is 0 Å². The summed E-state index contributed by atoms with van der Waals surface area (Å²) >= 11 is 0. The van der Waals surface area contributed by atoms with Crippen molar-refractivity contribution in [2.24, 2.45) is 5.92 Å². The van der Waals surface area contributed by atoms with Crippen LogP contribution in [-0.4, -0.2) is 49.8 Å². The third kappa shape index (κ3) is 4.29. The number of nitrogens with zero attached hydrogens (tertiary/aromatic N) is 1. The average Bonchev–Trinajstić information content (AvgIpc) is 3.05. The number of amides is 3. The number of hydrogen-bond acceptors (Lipinski definition) is 3. The van der Waals surface area contributed by atoms with E-state index in [9.17, 15) is 14.4 Å². The van der Waals surface area contributed by atoms with Crippen molar-refractivity contribution < 1.29 is 14.4 Å². The monoisotopic (exact) mass is 227 g/mol. The third-order valence-electron chi connectivity index (χ3n) is 2.31. The van der Waals surface area contributed by atoms with Crippen LogP contribution in [0.3, 0.4) is 0 Å². The van der Waals surface area contributed by atoms with Crippen LogP contribution in [0.2, 0.25) is 0 Å². The molecule has 1 rings (SSSR count). The molecule has 0 radical (unpaired) electrons. The minimum atomic E-state index is -0.343. The van der Waals surface area contributed by atoms with Crippen LogP contribution in [0.1, 0.15) is 12.8 Å². The van der Waals surface area contributed by atoms with E-state index in [-0.39, 0.29) is 36.7 Å². The van der Waals surface area contributed by atoms with E-state index in [1.165, 1.54) is 4.90 Å². The van der Waals surface area contributed by atoms with Gasteiger partial charge in [0.25, 0.3) is 0 Å². The minimum Gasteiger partial charge on any atom is -0.347 e. The second kappa shape index (κ2) is 5.48. The highest BCUT2D eigenvalue weighted by Gasteiger charge is 2.29. The molecule has 0 aromatic heterocycles. The predicted octanol–water partition coefficient (Wildman–Crippen LogP) is -1.28. The molecule has 1 aliphatic carbocycles. The number of likely N-dealkylation sites (N-methyl/N-ethyl adjacent to an activating group) is 1. The molecular formula is C10H17N3O3. The van der Waals surface area contributed by atoms with E-state index < -0.39 is 0 Å². The first-order chi connectivity index (χ1) is 7.50. The highest BCUT2D eigenvalue weighted by atomic mass is 16.2. The number of carbonyl (C=O) groups is 3. The Labute approximate surface area is 94.4 Å². The Balaban J connectivity index is 2.10. The Bertz CT molecular complexity index is 278. The summed E-state index contributed by atoms with van der Waals surface area (Å²) in [6, 6.07) is 0. The summed E-state index contributed by atoms with van der Waals surface area (Å²) in [5.74, 6) is -0.503. The van der Waals surface area contributed by atoms with Gasteiger partial charge >= 0.3 is 0 Å². The zero-order valence-electron chi connectivity index (χ0n) is 9.58. The van der Waals surface area contributed by atoms with E-state index in [2.05, 4.69) is 10.6 Å². The molecule has 1 aliphatic rings. The van der Waals surface area contributed by atoms with Crippen molar-refractivity contribution in [3.8, 4) is 0 Å². The average molecular weight is 227 g/mol. The van der Waals surface area contributed by atoms with Gasteiger partial charge in [-0.3, -0.25) is 14.4 Å². The topological polar surface area (TPSA) is 78.5 Å². The molecule has 3 amide bonds. The molecule has 1 fully saturated rings. The molecule has 0 aliphatic heterocycles. The second-order valence-electron chi connectivity index (χ2n) is 4.06. The SMILES string of the molecule is CN(C)C(=O)CNC(=O)CNC(=O)C1CC1. The summed E-state index contributed by atoms with van der Waals surface area (Å²) in [4.78, 5) is 34.9. The summed E-state index contributed by atoms with van der Waals surface area (Å²) in [6.07, 6.45) is 1.82. The summed E-state index contributed by atoms with van der Waals surface area (Å²) in [7, 11) is 3.23. The normalized spacial score (nSPS) is 14.1. The van der Waals surface area contributed by atoms with E-state index in [1.807, 2.05) is 0 Å². The maximum absolute atomic E-state index is 11.2. The quantitative estimate of drug-likeness (QED) is 0.614. The fraction of sp³-hybridized carbons (Fsp3) is 0.700. The molecule has 0 heterocycles. The van der Waals surface area contributed by atoms with Crippen molar-refractivity contribution in [2.45, 2.75) is 12.8 Å². The highest BCUT2D eigenvalue weighted by Crippen LogP contribution is 2.28. The zero-order valence-corrected chi connectivity index (χ0v) is 9.58. The van der Waals surface area contributed by atoms with Crippen molar-refractivity contribution in [3.05, 3.63) is 0 Å². The van der Waals surface area contributed by atoms with Crippen molar-refractivity contribution in [1.82, 2.24) is 15.5 Å². The number of hydrogen-bond donors (Lipinski definition) is 2. The van der Waals surface area contributed by atoms with Gasteiger partial charge in [-0.05, 0) is 12.8 Å². The zero-order chi connectivity index (χ0) is 12.1. The van der Waals surface area contributed by atoms with Crippen molar-refractivity contribution in [3.63, 3.8) is 0 Å². The molecule has 0 aromatic carbocycles. The lowest BCUT2D eigenvalue weighted by atomic mass is 10.4. The minimum absolute atomic E-state index is 0.0366. The van der Waals surface area contributed by atoms with Gasteiger partial charge in [0.05, 0.1) is 13.1 Å². The van der Waals surface area contributed by atoms with E-state index in [1.54, 1.807) is 14.1 Å². The molecule has 0 bridgehead atoms. The molecule has 90 valence electrons. The third-order valence-corrected chi connectivity index (χ3v) is 2.31. The van der Waals surface area contributed by atoms with Crippen LogP contribution in [0.5, 0.6) is 0 Å².